The van der Waals surface area contributed by atoms with E-state index in [0.717, 1.165) is 16.7 Å². The highest BCUT2D eigenvalue weighted by Gasteiger charge is 2.45. The van der Waals surface area contributed by atoms with E-state index in [2.05, 4.69) is 0 Å². The molecule has 4 nitrogen and oxygen atoms in total. The highest BCUT2D eigenvalue weighted by molar-refractivity contribution is 7.89. The van der Waals surface area contributed by atoms with Crippen molar-refractivity contribution in [3.63, 3.8) is 0 Å². The van der Waals surface area contributed by atoms with Crippen molar-refractivity contribution in [2.24, 2.45) is 5.92 Å². The van der Waals surface area contributed by atoms with Gasteiger partial charge in [0.2, 0.25) is 0 Å². The van der Waals surface area contributed by atoms with Crippen molar-refractivity contribution < 1.29 is 13.2 Å². The van der Waals surface area contributed by atoms with Crippen LogP contribution in [-0.4, -0.2) is 24.5 Å². The number of hydrogen-bond donors (Lipinski definition) is 0. The molecule has 0 bridgehead atoms. The van der Waals surface area contributed by atoms with Crippen LogP contribution in [0.2, 0.25) is 0 Å². The third-order valence-electron chi connectivity index (χ3n) is 4.94. The van der Waals surface area contributed by atoms with Crippen molar-refractivity contribution in [2.45, 2.75) is 24.3 Å². The molecule has 2 aliphatic rings. The zero-order valence-electron chi connectivity index (χ0n) is 14.4. The number of ketones is 1. The minimum absolute atomic E-state index is 0.0502. The second-order valence-corrected chi connectivity index (χ2v) is 8.51. The van der Waals surface area contributed by atoms with Gasteiger partial charge in [0.25, 0.3) is 10.0 Å². The van der Waals surface area contributed by atoms with E-state index in [1.807, 2.05) is 43.3 Å². The highest BCUT2D eigenvalue weighted by Crippen LogP contribution is 2.41. The van der Waals surface area contributed by atoms with Crippen LogP contribution in [0.4, 0.5) is 0 Å². The van der Waals surface area contributed by atoms with Gasteiger partial charge in [-0.1, -0.05) is 60.2 Å². The molecule has 0 saturated carbocycles. The topological polar surface area (TPSA) is 54.5 Å². The first kappa shape index (κ1) is 16.8. The number of Topliss-reactive ketones (excluding diaryl/α,β-unsaturated/α-hetero) is 1. The summed E-state index contributed by atoms with van der Waals surface area (Å²) in [6.07, 6.45) is 5.57. The van der Waals surface area contributed by atoms with E-state index < -0.39 is 22.0 Å². The molecular formula is C21H19NO3S. The van der Waals surface area contributed by atoms with Crippen LogP contribution >= 0.6 is 0 Å². The van der Waals surface area contributed by atoms with Gasteiger partial charge in [-0.15, -0.1) is 0 Å². The van der Waals surface area contributed by atoms with Gasteiger partial charge in [-0.3, -0.25) is 9.10 Å². The number of allylic oxidation sites excluding steroid dienone is 1. The molecule has 2 aromatic rings. The highest BCUT2D eigenvalue weighted by atomic mass is 32.2. The van der Waals surface area contributed by atoms with E-state index >= 15 is 0 Å². The van der Waals surface area contributed by atoms with Gasteiger partial charge in [-0.05, 0) is 30.2 Å². The van der Waals surface area contributed by atoms with Crippen LogP contribution < -0.4 is 0 Å². The summed E-state index contributed by atoms with van der Waals surface area (Å²) in [5.74, 6) is -0.406. The monoisotopic (exact) mass is 365 g/mol. The molecule has 2 atom stereocenters. The van der Waals surface area contributed by atoms with Gasteiger partial charge in [0.15, 0.2) is 0 Å². The first-order valence-corrected chi connectivity index (χ1v) is 9.99. The number of nitrogens with zero attached hydrogens (tertiary/aromatic N) is 1. The fraction of sp³-hybridized carbons (Fsp3) is 0.190. The number of aryl methyl sites for hydroxylation is 1. The Balaban J connectivity index is 1.83. The summed E-state index contributed by atoms with van der Waals surface area (Å²) in [5.41, 5.74) is 2.64. The fourth-order valence-electron chi connectivity index (χ4n) is 3.59. The SMILES string of the molecule is Cc1ccc(S(=O)(=O)N2C=C(c3ccccc3)C3C(=O)CC=CC32)cc1. The number of carbonyl (C=O) groups is 1. The minimum atomic E-state index is -3.74. The average molecular weight is 365 g/mol. The summed E-state index contributed by atoms with van der Waals surface area (Å²) in [7, 11) is -3.74. The van der Waals surface area contributed by atoms with Crippen LogP contribution in [0.25, 0.3) is 5.57 Å². The van der Waals surface area contributed by atoms with E-state index in [1.54, 1.807) is 36.5 Å². The van der Waals surface area contributed by atoms with Crippen molar-refractivity contribution >= 4 is 21.4 Å². The maximum Gasteiger partial charge on any atom is 0.264 e. The van der Waals surface area contributed by atoms with Crippen LogP contribution in [0.3, 0.4) is 0 Å². The quantitative estimate of drug-likeness (QED) is 0.782. The van der Waals surface area contributed by atoms with Gasteiger partial charge in [-0.2, -0.15) is 0 Å². The van der Waals surface area contributed by atoms with Crippen molar-refractivity contribution in [3.05, 3.63) is 84.1 Å². The molecule has 0 amide bonds. The van der Waals surface area contributed by atoms with Crippen molar-refractivity contribution in [1.82, 2.24) is 4.31 Å². The van der Waals surface area contributed by atoms with Gasteiger partial charge in [0, 0.05) is 12.6 Å². The van der Waals surface area contributed by atoms with Crippen LogP contribution in [-0.2, 0) is 14.8 Å². The first-order chi connectivity index (χ1) is 12.5. The molecular weight excluding hydrogens is 346 g/mol. The molecule has 2 aromatic carbocycles. The van der Waals surface area contributed by atoms with E-state index in [0.29, 0.717) is 6.42 Å². The smallest absolute Gasteiger partial charge is 0.264 e. The summed E-state index contributed by atoms with van der Waals surface area (Å²) in [5, 5.41) is 0. The lowest BCUT2D eigenvalue weighted by Gasteiger charge is -2.29. The Hall–Kier alpha value is -2.66. The van der Waals surface area contributed by atoms with Crippen LogP contribution in [0.15, 0.2) is 77.8 Å². The van der Waals surface area contributed by atoms with Crippen molar-refractivity contribution in [3.8, 4) is 0 Å². The molecule has 0 aromatic heterocycles. The molecule has 1 aliphatic heterocycles. The van der Waals surface area contributed by atoms with E-state index in [-0.39, 0.29) is 10.7 Å². The zero-order valence-corrected chi connectivity index (χ0v) is 15.2. The lowest BCUT2D eigenvalue weighted by Crippen LogP contribution is -2.39. The molecule has 5 heteroatoms. The second kappa shape index (κ2) is 6.25. The number of hydrogen-bond acceptors (Lipinski definition) is 3. The molecule has 26 heavy (non-hydrogen) atoms. The Bertz CT molecular complexity index is 1000. The molecule has 0 radical (unpaired) electrons. The molecule has 0 N–H and O–H groups in total. The average Bonchev–Trinajstić information content (AvgIpc) is 3.05. The van der Waals surface area contributed by atoms with Crippen LogP contribution in [0.1, 0.15) is 17.5 Å². The third-order valence-corrected chi connectivity index (χ3v) is 6.71. The molecule has 1 aliphatic carbocycles. The fourth-order valence-corrected chi connectivity index (χ4v) is 5.08. The summed E-state index contributed by atoms with van der Waals surface area (Å²) >= 11 is 0. The van der Waals surface area contributed by atoms with Gasteiger partial charge in [0.05, 0.1) is 16.9 Å². The van der Waals surface area contributed by atoms with E-state index in [4.69, 9.17) is 0 Å². The lowest BCUT2D eigenvalue weighted by molar-refractivity contribution is -0.121. The van der Waals surface area contributed by atoms with Gasteiger partial charge in [0.1, 0.15) is 5.78 Å². The van der Waals surface area contributed by atoms with Gasteiger partial charge in [-0.25, -0.2) is 8.42 Å². The Labute approximate surface area is 153 Å². The number of fused-ring (bicyclic) bond motifs is 1. The molecule has 2 unspecified atom stereocenters. The molecule has 1 heterocycles. The normalized spacial score (nSPS) is 22.3. The summed E-state index contributed by atoms with van der Waals surface area (Å²) in [6, 6.07) is 15.8. The van der Waals surface area contributed by atoms with Crippen LogP contribution in [0, 0.1) is 12.8 Å². The number of carbonyl (C=O) groups excluding carboxylic acids is 1. The summed E-state index contributed by atoms with van der Waals surface area (Å²) in [4.78, 5) is 12.8. The third kappa shape index (κ3) is 2.69. The predicted molar refractivity (Wildman–Crippen MR) is 101 cm³/mol. The first-order valence-electron chi connectivity index (χ1n) is 8.55. The second-order valence-electron chi connectivity index (χ2n) is 6.67. The van der Waals surface area contributed by atoms with Crippen LogP contribution in [0.5, 0.6) is 0 Å². The van der Waals surface area contributed by atoms with E-state index in [9.17, 15) is 13.2 Å². The Kier molecular flexibility index (Phi) is 4.04. The molecule has 0 spiro atoms. The Morgan fingerprint density at radius 1 is 1.00 bits per heavy atom. The lowest BCUT2D eigenvalue weighted by atomic mass is 9.82. The predicted octanol–water partition coefficient (Wildman–Crippen LogP) is 3.55. The van der Waals surface area contributed by atoms with Gasteiger partial charge >= 0.3 is 0 Å². The number of sulfonamides is 1. The summed E-state index contributed by atoms with van der Waals surface area (Å²) in [6.45, 7) is 1.91. The van der Waals surface area contributed by atoms with Gasteiger partial charge < -0.3 is 0 Å². The van der Waals surface area contributed by atoms with E-state index in [1.165, 1.54) is 4.31 Å². The summed E-state index contributed by atoms with van der Waals surface area (Å²) < 4.78 is 27.8. The largest absolute Gasteiger partial charge is 0.299 e. The maximum atomic E-state index is 13.2. The molecule has 0 saturated heterocycles. The Morgan fingerprint density at radius 2 is 1.69 bits per heavy atom. The molecule has 4 rings (SSSR count). The number of rotatable bonds is 3. The standard InChI is InChI=1S/C21H19NO3S/c1-15-10-12-17(13-11-15)26(24,25)22-14-18(16-6-3-2-4-7-16)21-19(22)8-5-9-20(21)23/h2-8,10-14,19,21H,9H2,1H3. The number of benzene rings is 2. The molecule has 132 valence electrons. The zero-order chi connectivity index (χ0) is 18.3. The minimum Gasteiger partial charge on any atom is -0.299 e. The Morgan fingerprint density at radius 3 is 2.38 bits per heavy atom. The maximum absolute atomic E-state index is 13.2. The van der Waals surface area contributed by atoms with Crippen molar-refractivity contribution in [2.75, 3.05) is 0 Å². The van der Waals surface area contributed by atoms with Crippen molar-refractivity contribution in [1.29, 1.82) is 0 Å². The molecule has 0 fully saturated rings.